The smallest absolute Gasteiger partial charge is 0.0576 e. The van der Waals surface area contributed by atoms with Crippen molar-refractivity contribution in [1.82, 2.24) is 0 Å². The predicted octanol–water partition coefficient (Wildman–Crippen LogP) is 3.34. The van der Waals surface area contributed by atoms with E-state index in [0.29, 0.717) is 5.92 Å². The summed E-state index contributed by atoms with van der Waals surface area (Å²) in [7, 11) is -0.980. The van der Waals surface area contributed by atoms with Crippen LogP contribution in [-0.2, 0) is 10.8 Å². The van der Waals surface area contributed by atoms with Gasteiger partial charge in [0, 0.05) is 10.9 Å². The molecule has 1 aromatic rings. The van der Waals surface area contributed by atoms with Crippen LogP contribution in [0.15, 0.2) is 35.2 Å². The minimum Gasteiger partial charge on any atom is -0.327 e. The maximum Gasteiger partial charge on any atom is 0.0576 e. The zero-order chi connectivity index (χ0) is 14.0. The van der Waals surface area contributed by atoms with Crippen molar-refractivity contribution in [2.45, 2.75) is 56.2 Å². The molecule has 2 nitrogen and oxygen atoms in total. The Morgan fingerprint density at radius 2 is 1.79 bits per heavy atom. The zero-order valence-corrected chi connectivity index (χ0v) is 13.0. The first-order valence-electron chi connectivity index (χ1n) is 7.11. The molecule has 3 heteroatoms. The quantitative estimate of drug-likeness (QED) is 0.902. The second-order valence-corrected chi connectivity index (χ2v) is 8.36. The lowest BCUT2D eigenvalue weighted by atomic mass is 9.71. The van der Waals surface area contributed by atoms with Gasteiger partial charge < -0.3 is 5.73 Å². The second-order valence-electron chi connectivity index (χ2n) is 6.69. The maximum absolute atomic E-state index is 12.7. The standard InChI is InChI=1S/C16H25NOS/c1-16(2,3)12-9-10-14(17)15(11-12)19(18)13-7-5-4-6-8-13/h4-8,12,14-15H,9-11,17H2,1-3H3. The van der Waals surface area contributed by atoms with Gasteiger partial charge in [-0.1, -0.05) is 39.0 Å². The number of nitrogens with two attached hydrogens (primary N) is 1. The fourth-order valence-corrected chi connectivity index (χ4v) is 4.55. The van der Waals surface area contributed by atoms with Gasteiger partial charge in [-0.05, 0) is 42.7 Å². The van der Waals surface area contributed by atoms with E-state index in [2.05, 4.69) is 20.8 Å². The number of rotatable bonds is 2. The van der Waals surface area contributed by atoms with E-state index in [1.165, 1.54) is 0 Å². The van der Waals surface area contributed by atoms with Crippen LogP contribution < -0.4 is 5.73 Å². The lowest BCUT2D eigenvalue weighted by molar-refractivity contribution is 0.173. The molecule has 1 aromatic carbocycles. The van der Waals surface area contributed by atoms with Crippen molar-refractivity contribution >= 4 is 10.8 Å². The van der Waals surface area contributed by atoms with E-state index >= 15 is 0 Å². The highest BCUT2D eigenvalue weighted by Gasteiger charge is 2.37. The van der Waals surface area contributed by atoms with Crippen LogP contribution in [0.5, 0.6) is 0 Å². The largest absolute Gasteiger partial charge is 0.327 e. The molecule has 4 unspecified atom stereocenters. The molecule has 0 saturated heterocycles. The molecule has 4 atom stereocenters. The van der Waals surface area contributed by atoms with Crippen LogP contribution in [0.1, 0.15) is 40.0 Å². The molecule has 0 aromatic heterocycles. The molecular formula is C16H25NOS. The average Bonchev–Trinajstić information content (AvgIpc) is 2.38. The molecule has 0 amide bonds. The van der Waals surface area contributed by atoms with Crippen LogP contribution in [0.3, 0.4) is 0 Å². The Morgan fingerprint density at radius 1 is 1.16 bits per heavy atom. The topological polar surface area (TPSA) is 43.1 Å². The van der Waals surface area contributed by atoms with Crippen LogP contribution in [0.4, 0.5) is 0 Å². The van der Waals surface area contributed by atoms with Crippen molar-refractivity contribution in [2.75, 3.05) is 0 Å². The van der Waals surface area contributed by atoms with Gasteiger partial charge in [-0.15, -0.1) is 0 Å². The molecule has 19 heavy (non-hydrogen) atoms. The molecule has 106 valence electrons. The van der Waals surface area contributed by atoms with E-state index in [-0.39, 0.29) is 16.7 Å². The molecule has 0 heterocycles. The van der Waals surface area contributed by atoms with Gasteiger partial charge in [-0.3, -0.25) is 4.21 Å². The van der Waals surface area contributed by atoms with Gasteiger partial charge in [-0.25, -0.2) is 0 Å². The highest BCUT2D eigenvalue weighted by atomic mass is 32.2. The molecule has 0 aliphatic heterocycles. The Hall–Kier alpha value is -0.670. The first-order valence-corrected chi connectivity index (χ1v) is 8.32. The van der Waals surface area contributed by atoms with Gasteiger partial charge in [0.2, 0.25) is 0 Å². The number of benzene rings is 1. The summed E-state index contributed by atoms with van der Waals surface area (Å²) in [5, 5.41) is 0.0976. The van der Waals surface area contributed by atoms with Crippen molar-refractivity contribution in [3.8, 4) is 0 Å². The lowest BCUT2D eigenvalue weighted by Gasteiger charge is -2.40. The van der Waals surface area contributed by atoms with Crippen molar-refractivity contribution in [3.63, 3.8) is 0 Å². The monoisotopic (exact) mass is 279 g/mol. The summed E-state index contributed by atoms with van der Waals surface area (Å²) in [6.07, 6.45) is 3.13. The molecule has 1 fully saturated rings. The maximum atomic E-state index is 12.7. The van der Waals surface area contributed by atoms with Gasteiger partial charge >= 0.3 is 0 Å². The van der Waals surface area contributed by atoms with Crippen LogP contribution in [-0.4, -0.2) is 15.5 Å². The molecule has 0 bridgehead atoms. The Kier molecular flexibility index (Phi) is 4.46. The minimum absolute atomic E-state index is 0.0691. The average molecular weight is 279 g/mol. The van der Waals surface area contributed by atoms with E-state index in [4.69, 9.17) is 5.73 Å². The Bertz CT molecular complexity index is 438. The third-order valence-electron chi connectivity index (χ3n) is 4.32. The van der Waals surface area contributed by atoms with Crippen LogP contribution in [0, 0.1) is 11.3 Å². The van der Waals surface area contributed by atoms with E-state index in [0.717, 1.165) is 24.2 Å². The highest BCUT2D eigenvalue weighted by Crippen LogP contribution is 2.39. The van der Waals surface area contributed by atoms with Crippen LogP contribution in [0.2, 0.25) is 0 Å². The SMILES string of the molecule is CC(C)(C)C1CCC(N)C(S(=O)c2ccccc2)C1. The summed E-state index contributed by atoms with van der Waals surface area (Å²) in [5.41, 5.74) is 6.51. The number of hydrogen-bond donors (Lipinski definition) is 1. The number of hydrogen-bond acceptors (Lipinski definition) is 2. The third kappa shape index (κ3) is 3.46. The van der Waals surface area contributed by atoms with Crippen molar-refractivity contribution < 1.29 is 4.21 Å². The highest BCUT2D eigenvalue weighted by molar-refractivity contribution is 7.85. The Labute approximate surface area is 119 Å². The molecule has 1 saturated carbocycles. The summed E-state index contributed by atoms with van der Waals surface area (Å²) < 4.78 is 12.7. The summed E-state index contributed by atoms with van der Waals surface area (Å²) in [6, 6.07) is 9.82. The van der Waals surface area contributed by atoms with E-state index in [1.807, 2.05) is 30.3 Å². The summed E-state index contributed by atoms with van der Waals surface area (Å²) in [4.78, 5) is 0.914. The van der Waals surface area contributed by atoms with Crippen molar-refractivity contribution in [2.24, 2.45) is 17.1 Å². The molecule has 2 rings (SSSR count). The normalized spacial score (nSPS) is 30.0. The molecule has 2 N–H and O–H groups in total. The summed E-state index contributed by atoms with van der Waals surface area (Å²) in [5.74, 6) is 0.616. The van der Waals surface area contributed by atoms with Gasteiger partial charge in [0.25, 0.3) is 0 Å². The summed E-state index contributed by atoms with van der Waals surface area (Å²) >= 11 is 0. The fourth-order valence-electron chi connectivity index (χ4n) is 2.91. The van der Waals surface area contributed by atoms with Crippen molar-refractivity contribution in [1.29, 1.82) is 0 Å². The van der Waals surface area contributed by atoms with E-state index in [9.17, 15) is 4.21 Å². The third-order valence-corrected chi connectivity index (χ3v) is 6.15. The van der Waals surface area contributed by atoms with E-state index in [1.54, 1.807) is 0 Å². The summed E-state index contributed by atoms with van der Waals surface area (Å²) in [6.45, 7) is 6.82. The van der Waals surface area contributed by atoms with E-state index < -0.39 is 10.8 Å². The molecular weight excluding hydrogens is 254 g/mol. The second kappa shape index (κ2) is 5.76. The molecule has 1 aliphatic carbocycles. The fraction of sp³-hybridized carbons (Fsp3) is 0.625. The van der Waals surface area contributed by atoms with Gasteiger partial charge in [0.05, 0.1) is 16.0 Å². The molecule has 0 radical (unpaired) electrons. The van der Waals surface area contributed by atoms with Gasteiger partial charge in [0.15, 0.2) is 0 Å². The minimum atomic E-state index is -0.980. The Morgan fingerprint density at radius 3 is 2.37 bits per heavy atom. The molecule has 0 spiro atoms. The predicted molar refractivity (Wildman–Crippen MR) is 81.4 cm³/mol. The lowest BCUT2D eigenvalue weighted by Crippen LogP contribution is -2.45. The molecule has 1 aliphatic rings. The Balaban J connectivity index is 2.16. The van der Waals surface area contributed by atoms with Crippen LogP contribution in [0.25, 0.3) is 0 Å². The van der Waals surface area contributed by atoms with Gasteiger partial charge in [-0.2, -0.15) is 0 Å². The first kappa shape index (κ1) is 14.7. The van der Waals surface area contributed by atoms with Crippen molar-refractivity contribution in [3.05, 3.63) is 30.3 Å². The van der Waals surface area contributed by atoms with Crippen LogP contribution >= 0.6 is 0 Å². The van der Waals surface area contributed by atoms with Gasteiger partial charge in [0.1, 0.15) is 0 Å². The zero-order valence-electron chi connectivity index (χ0n) is 12.1. The first-order chi connectivity index (χ1) is 8.89.